The molecule has 3 rings (SSSR count). The first kappa shape index (κ1) is 25.8. The zero-order valence-corrected chi connectivity index (χ0v) is 19.1. The first-order valence-electron chi connectivity index (χ1n) is 10.7. The van der Waals surface area contributed by atoms with Crippen molar-refractivity contribution < 1.29 is 33.3 Å². The fourth-order valence-electron chi connectivity index (χ4n) is 3.35. The molecule has 0 aromatic heterocycles. The zero-order valence-electron chi connectivity index (χ0n) is 19.1. The maximum Gasteiger partial charge on any atom is 0.278 e. The largest absolute Gasteiger partial charge is 0.493 e. The SMILES string of the molecule is COc1cc(CO[C@@]23C#C/C=C\C#CCO[C@H]2CCO3)c([N+](=O)[O-])cc1OCCOCCN=[N+]=[N-]. The van der Waals surface area contributed by atoms with Gasteiger partial charge in [-0.1, -0.05) is 22.9 Å². The van der Waals surface area contributed by atoms with Gasteiger partial charge in [-0.2, -0.15) is 0 Å². The van der Waals surface area contributed by atoms with E-state index in [1.807, 2.05) is 0 Å². The normalized spacial score (nSPS) is 21.2. The van der Waals surface area contributed by atoms with Crippen LogP contribution < -0.4 is 9.47 Å². The molecule has 1 saturated heterocycles. The molecule has 0 spiro atoms. The molecule has 0 bridgehead atoms. The summed E-state index contributed by atoms with van der Waals surface area (Å²) in [5.74, 6) is 10.5. The summed E-state index contributed by atoms with van der Waals surface area (Å²) < 4.78 is 33.9. The molecule has 2 aliphatic heterocycles. The Morgan fingerprint density at radius 3 is 2.94 bits per heavy atom. The summed E-state index contributed by atoms with van der Waals surface area (Å²) in [5.41, 5.74) is 8.28. The number of fused-ring (bicyclic) bond motifs is 1. The van der Waals surface area contributed by atoms with E-state index >= 15 is 0 Å². The molecule has 1 aromatic carbocycles. The highest BCUT2D eigenvalue weighted by atomic mass is 16.7. The van der Waals surface area contributed by atoms with Crippen LogP contribution in [-0.2, 0) is 25.6 Å². The fourth-order valence-corrected chi connectivity index (χ4v) is 3.35. The van der Waals surface area contributed by atoms with Crippen LogP contribution in [0.4, 0.5) is 5.69 Å². The Labute approximate surface area is 201 Å². The molecule has 12 nitrogen and oxygen atoms in total. The number of ether oxygens (including phenoxy) is 6. The molecule has 184 valence electrons. The maximum absolute atomic E-state index is 11.8. The standard InChI is InChI=1S/C23H24N4O8/c1-30-20-15-18(19(27(28)29)16-21(20)32-14-13-31-12-9-25-26-24)17-35-23-8-5-3-2-4-6-10-33-22(23)7-11-34-23/h2-3,15-16,22H,7,9-14,17H2,1H3/b3-2-/t22-,23-/m0/s1. The molecule has 0 aliphatic carbocycles. The Morgan fingerprint density at radius 2 is 2.14 bits per heavy atom. The lowest BCUT2D eigenvalue weighted by Gasteiger charge is -2.29. The van der Waals surface area contributed by atoms with Gasteiger partial charge in [0, 0.05) is 17.9 Å². The Balaban J connectivity index is 1.74. The van der Waals surface area contributed by atoms with Crippen molar-refractivity contribution in [1.29, 1.82) is 0 Å². The van der Waals surface area contributed by atoms with Crippen LogP contribution in [0.25, 0.3) is 10.4 Å². The summed E-state index contributed by atoms with van der Waals surface area (Å²) in [7, 11) is 1.43. The van der Waals surface area contributed by atoms with Gasteiger partial charge in [0.1, 0.15) is 19.3 Å². The van der Waals surface area contributed by atoms with Crippen molar-refractivity contribution in [3.05, 3.63) is 50.4 Å². The quantitative estimate of drug-likeness (QED) is 0.0837. The van der Waals surface area contributed by atoms with Crippen LogP contribution in [0.15, 0.2) is 29.4 Å². The number of hydrogen-bond acceptors (Lipinski definition) is 9. The number of allylic oxidation sites excluding steroid dienone is 2. The molecule has 12 heteroatoms. The number of hydrogen-bond donors (Lipinski definition) is 0. The number of nitro groups is 1. The second-order valence-electron chi connectivity index (χ2n) is 7.12. The van der Waals surface area contributed by atoms with Crippen molar-refractivity contribution in [3.8, 4) is 35.2 Å². The highest BCUT2D eigenvalue weighted by molar-refractivity contribution is 5.54. The molecule has 2 atom stereocenters. The predicted molar refractivity (Wildman–Crippen MR) is 122 cm³/mol. The molecule has 0 N–H and O–H groups in total. The Bertz CT molecular complexity index is 1110. The smallest absolute Gasteiger partial charge is 0.278 e. The lowest BCUT2D eigenvalue weighted by atomic mass is 10.1. The average Bonchev–Trinajstić information content (AvgIpc) is 3.26. The van der Waals surface area contributed by atoms with Crippen molar-refractivity contribution in [3.63, 3.8) is 0 Å². The summed E-state index contributed by atoms with van der Waals surface area (Å²) in [5, 5.41) is 15.2. The predicted octanol–water partition coefficient (Wildman–Crippen LogP) is 2.90. The lowest BCUT2D eigenvalue weighted by molar-refractivity contribution is -0.386. The minimum Gasteiger partial charge on any atom is -0.493 e. The van der Waals surface area contributed by atoms with Crippen molar-refractivity contribution in [2.75, 3.05) is 46.7 Å². The summed E-state index contributed by atoms with van der Waals surface area (Å²) in [6, 6.07) is 2.76. The molecule has 2 aliphatic rings. The molecule has 0 saturated carbocycles. The third-order valence-corrected chi connectivity index (χ3v) is 4.96. The van der Waals surface area contributed by atoms with Crippen LogP contribution in [0.2, 0.25) is 0 Å². The Kier molecular flexibility index (Phi) is 9.75. The van der Waals surface area contributed by atoms with E-state index < -0.39 is 16.8 Å². The monoisotopic (exact) mass is 484 g/mol. The van der Waals surface area contributed by atoms with E-state index in [0.717, 1.165) is 0 Å². The Morgan fingerprint density at radius 1 is 1.29 bits per heavy atom. The highest BCUT2D eigenvalue weighted by Crippen LogP contribution is 2.37. The number of azide groups is 1. The summed E-state index contributed by atoms with van der Waals surface area (Å²) >= 11 is 0. The molecule has 0 unspecified atom stereocenters. The van der Waals surface area contributed by atoms with Gasteiger partial charge >= 0.3 is 0 Å². The number of nitro benzene ring substituents is 1. The second-order valence-corrected chi connectivity index (χ2v) is 7.12. The van der Waals surface area contributed by atoms with Crippen molar-refractivity contribution >= 4 is 5.69 Å². The summed E-state index contributed by atoms with van der Waals surface area (Å²) in [6.45, 7) is 1.11. The molecule has 0 amide bonds. The van der Waals surface area contributed by atoms with Gasteiger partial charge in [-0.25, -0.2) is 0 Å². The molecule has 1 fully saturated rings. The van der Waals surface area contributed by atoms with E-state index in [2.05, 4.69) is 33.7 Å². The first-order chi connectivity index (χ1) is 17.1. The molecular weight excluding hydrogens is 460 g/mol. The maximum atomic E-state index is 11.8. The average molecular weight is 484 g/mol. The van der Waals surface area contributed by atoms with Gasteiger partial charge in [0.05, 0.1) is 50.1 Å². The third-order valence-electron chi connectivity index (χ3n) is 4.96. The van der Waals surface area contributed by atoms with E-state index in [-0.39, 0.29) is 62.3 Å². The topological polar surface area (TPSA) is 147 Å². The summed E-state index contributed by atoms with van der Waals surface area (Å²) in [6.07, 6.45) is 3.22. The van der Waals surface area contributed by atoms with Crippen LogP contribution in [0.5, 0.6) is 11.5 Å². The fraction of sp³-hybridized carbons (Fsp3) is 0.478. The van der Waals surface area contributed by atoms with Crippen LogP contribution >= 0.6 is 0 Å². The van der Waals surface area contributed by atoms with Crippen molar-refractivity contribution in [2.45, 2.75) is 24.9 Å². The number of benzene rings is 1. The highest BCUT2D eigenvalue weighted by Gasteiger charge is 2.46. The van der Waals surface area contributed by atoms with Gasteiger partial charge in [0.15, 0.2) is 11.5 Å². The molecular formula is C23H24N4O8. The molecule has 35 heavy (non-hydrogen) atoms. The van der Waals surface area contributed by atoms with Gasteiger partial charge in [-0.15, -0.1) is 0 Å². The van der Waals surface area contributed by atoms with Crippen molar-refractivity contribution in [2.24, 2.45) is 5.11 Å². The lowest BCUT2D eigenvalue weighted by Crippen LogP contribution is -2.42. The number of methoxy groups -OCH3 is 1. The van der Waals surface area contributed by atoms with Gasteiger partial charge in [0.2, 0.25) is 0 Å². The minimum absolute atomic E-state index is 0.113. The van der Waals surface area contributed by atoms with E-state index in [0.29, 0.717) is 13.0 Å². The van der Waals surface area contributed by atoms with E-state index in [1.165, 1.54) is 19.2 Å². The summed E-state index contributed by atoms with van der Waals surface area (Å²) in [4.78, 5) is 13.9. The van der Waals surface area contributed by atoms with Gasteiger partial charge < -0.3 is 28.4 Å². The Hall–Kier alpha value is -3.77. The van der Waals surface area contributed by atoms with Crippen molar-refractivity contribution in [1.82, 2.24) is 0 Å². The molecule has 1 aromatic rings. The molecule has 2 heterocycles. The van der Waals surface area contributed by atoms with Gasteiger partial charge in [0.25, 0.3) is 11.5 Å². The van der Waals surface area contributed by atoms with Crippen LogP contribution in [0.1, 0.15) is 12.0 Å². The van der Waals surface area contributed by atoms with E-state index in [9.17, 15) is 10.1 Å². The first-order valence-corrected chi connectivity index (χ1v) is 10.7. The van der Waals surface area contributed by atoms with E-state index in [1.54, 1.807) is 12.2 Å². The number of rotatable bonds is 12. The zero-order chi connectivity index (χ0) is 24.9. The third kappa shape index (κ3) is 7.11. The van der Waals surface area contributed by atoms with Crippen LogP contribution in [0.3, 0.4) is 0 Å². The van der Waals surface area contributed by atoms with Gasteiger partial charge in [-0.3, -0.25) is 10.1 Å². The van der Waals surface area contributed by atoms with Crippen LogP contribution in [0, 0.1) is 33.8 Å². The van der Waals surface area contributed by atoms with Gasteiger partial charge in [-0.05, 0) is 29.7 Å². The number of nitrogens with zero attached hydrogens (tertiary/aromatic N) is 4. The minimum atomic E-state index is -1.38. The second kappa shape index (κ2) is 13.2. The van der Waals surface area contributed by atoms with E-state index in [4.69, 9.17) is 34.0 Å². The molecule has 0 radical (unpaired) electrons. The van der Waals surface area contributed by atoms with Crippen LogP contribution in [-0.4, -0.2) is 63.5 Å².